The van der Waals surface area contributed by atoms with Crippen molar-refractivity contribution in [1.29, 1.82) is 0 Å². The van der Waals surface area contributed by atoms with Gasteiger partial charge in [-0.1, -0.05) is 6.07 Å². The molecule has 1 fully saturated rings. The maximum absolute atomic E-state index is 11.9. The Bertz CT molecular complexity index is 703. The van der Waals surface area contributed by atoms with Crippen molar-refractivity contribution in [2.24, 2.45) is 0 Å². The second-order valence-corrected chi connectivity index (χ2v) is 5.22. The summed E-state index contributed by atoms with van der Waals surface area (Å²) < 4.78 is 5.51. The molecule has 0 atom stereocenters. The lowest BCUT2D eigenvalue weighted by atomic mass is 10.3. The molecule has 6 heteroatoms. The van der Waals surface area contributed by atoms with E-state index in [0.29, 0.717) is 17.9 Å². The summed E-state index contributed by atoms with van der Waals surface area (Å²) in [7, 11) is 0. The Balaban J connectivity index is 1.58. The Labute approximate surface area is 134 Å². The average molecular weight is 311 g/mol. The Hall–Kier alpha value is -2.89. The van der Waals surface area contributed by atoms with Gasteiger partial charge in [0, 0.05) is 30.9 Å². The van der Waals surface area contributed by atoms with Crippen molar-refractivity contribution in [3.05, 3.63) is 48.8 Å². The van der Waals surface area contributed by atoms with Gasteiger partial charge in [-0.2, -0.15) is 0 Å². The third-order valence-electron chi connectivity index (χ3n) is 3.52. The van der Waals surface area contributed by atoms with Gasteiger partial charge >= 0.3 is 0 Å². The second kappa shape index (κ2) is 6.91. The molecule has 118 valence electrons. The molecule has 6 nitrogen and oxygen atoms in total. The van der Waals surface area contributed by atoms with Gasteiger partial charge in [-0.05, 0) is 30.7 Å². The summed E-state index contributed by atoms with van der Waals surface area (Å²) >= 11 is 0. The van der Waals surface area contributed by atoms with Crippen LogP contribution < -0.4 is 15.0 Å². The van der Waals surface area contributed by atoms with Crippen molar-refractivity contribution in [2.75, 3.05) is 23.4 Å². The maximum atomic E-state index is 11.9. The van der Waals surface area contributed by atoms with Crippen molar-refractivity contribution < 1.29 is 14.3 Å². The fraction of sp³-hybridized carbons (Fsp3) is 0.235. The van der Waals surface area contributed by atoms with Crippen LogP contribution in [0.3, 0.4) is 0 Å². The van der Waals surface area contributed by atoms with E-state index in [2.05, 4.69) is 10.3 Å². The number of nitrogens with zero attached hydrogens (tertiary/aromatic N) is 2. The fourth-order valence-corrected chi connectivity index (χ4v) is 2.44. The summed E-state index contributed by atoms with van der Waals surface area (Å²) in [6.45, 7) is 0.621. The third-order valence-corrected chi connectivity index (χ3v) is 3.52. The maximum Gasteiger partial charge on any atom is 0.262 e. The first-order chi connectivity index (χ1) is 11.2. The van der Waals surface area contributed by atoms with Gasteiger partial charge in [0.2, 0.25) is 5.91 Å². The van der Waals surface area contributed by atoms with Gasteiger partial charge < -0.3 is 15.0 Å². The molecule has 1 aliphatic rings. The number of benzene rings is 1. The number of hydrogen-bond donors (Lipinski definition) is 1. The molecule has 1 aromatic carbocycles. The molecule has 0 unspecified atom stereocenters. The highest BCUT2D eigenvalue weighted by atomic mass is 16.5. The molecule has 2 aromatic rings. The first-order valence-electron chi connectivity index (χ1n) is 7.45. The molecule has 0 aliphatic carbocycles. The van der Waals surface area contributed by atoms with E-state index in [1.165, 1.54) is 0 Å². The molecule has 3 rings (SSSR count). The number of carbonyl (C=O) groups is 2. The Kier molecular flexibility index (Phi) is 4.52. The minimum atomic E-state index is -0.263. The summed E-state index contributed by atoms with van der Waals surface area (Å²) in [5.74, 6) is 0.417. The second-order valence-electron chi connectivity index (χ2n) is 5.22. The van der Waals surface area contributed by atoms with Crippen molar-refractivity contribution >= 4 is 23.2 Å². The normalized spacial score (nSPS) is 13.9. The summed E-state index contributed by atoms with van der Waals surface area (Å²) in [6, 6.07) is 10.7. The van der Waals surface area contributed by atoms with Crippen LogP contribution in [0, 0.1) is 0 Å². The van der Waals surface area contributed by atoms with Gasteiger partial charge in [0.15, 0.2) is 6.61 Å². The van der Waals surface area contributed by atoms with E-state index < -0.39 is 0 Å². The van der Waals surface area contributed by atoms with Crippen LogP contribution in [0.2, 0.25) is 0 Å². The standard InChI is InChI=1S/C17H17N3O3/c21-16(19-13-4-2-8-18-11-13)12-23-15-6-1-5-14(10-15)20-9-3-7-17(20)22/h1-2,4-6,8,10-11H,3,7,9,12H2,(H,19,21). The number of hydrogen-bond acceptors (Lipinski definition) is 4. The zero-order chi connectivity index (χ0) is 16.1. The minimum absolute atomic E-state index is 0.105. The first kappa shape index (κ1) is 15.0. The van der Waals surface area contributed by atoms with Gasteiger partial charge in [-0.3, -0.25) is 14.6 Å². The highest BCUT2D eigenvalue weighted by molar-refractivity contribution is 5.95. The topological polar surface area (TPSA) is 71.5 Å². The van der Waals surface area contributed by atoms with E-state index >= 15 is 0 Å². The smallest absolute Gasteiger partial charge is 0.262 e. The van der Waals surface area contributed by atoms with Crippen LogP contribution in [0.25, 0.3) is 0 Å². The number of rotatable bonds is 5. The van der Waals surface area contributed by atoms with Crippen molar-refractivity contribution in [2.45, 2.75) is 12.8 Å². The summed E-state index contributed by atoms with van der Waals surface area (Å²) in [6.07, 6.45) is 4.66. The van der Waals surface area contributed by atoms with E-state index in [1.807, 2.05) is 12.1 Å². The van der Waals surface area contributed by atoms with Crippen LogP contribution in [-0.4, -0.2) is 29.9 Å². The molecule has 0 bridgehead atoms. The zero-order valence-corrected chi connectivity index (χ0v) is 12.6. The molecular weight excluding hydrogens is 294 g/mol. The predicted octanol–water partition coefficient (Wildman–Crippen LogP) is 2.23. The van der Waals surface area contributed by atoms with Crippen molar-refractivity contribution in [3.63, 3.8) is 0 Å². The Morgan fingerprint density at radius 1 is 1.30 bits per heavy atom. The SMILES string of the molecule is O=C(COc1cccc(N2CCCC2=O)c1)Nc1cccnc1. The molecule has 23 heavy (non-hydrogen) atoms. The van der Waals surface area contributed by atoms with Crippen LogP contribution in [0.15, 0.2) is 48.8 Å². The molecule has 1 saturated heterocycles. The highest BCUT2D eigenvalue weighted by Crippen LogP contribution is 2.25. The number of anilines is 2. The molecule has 0 radical (unpaired) electrons. The summed E-state index contributed by atoms with van der Waals surface area (Å²) in [5.41, 5.74) is 1.43. The number of nitrogens with one attached hydrogen (secondary N) is 1. The average Bonchev–Trinajstić information content (AvgIpc) is 3.00. The largest absolute Gasteiger partial charge is 0.484 e. The van der Waals surface area contributed by atoms with E-state index in [1.54, 1.807) is 41.6 Å². The number of aromatic nitrogens is 1. The van der Waals surface area contributed by atoms with E-state index in [9.17, 15) is 9.59 Å². The molecule has 0 spiro atoms. The van der Waals surface area contributed by atoms with E-state index in [0.717, 1.165) is 18.7 Å². The van der Waals surface area contributed by atoms with Gasteiger partial charge in [0.05, 0.1) is 11.9 Å². The van der Waals surface area contributed by atoms with Crippen LogP contribution in [0.4, 0.5) is 11.4 Å². The van der Waals surface area contributed by atoms with Gasteiger partial charge in [-0.25, -0.2) is 0 Å². The first-order valence-corrected chi connectivity index (χ1v) is 7.45. The zero-order valence-electron chi connectivity index (χ0n) is 12.6. The minimum Gasteiger partial charge on any atom is -0.484 e. The number of pyridine rings is 1. The lowest BCUT2D eigenvalue weighted by molar-refractivity contribution is -0.118. The van der Waals surface area contributed by atoms with E-state index in [4.69, 9.17) is 4.74 Å². The van der Waals surface area contributed by atoms with E-state index in [-0.39, 0.29) is 18.4 Å². The molecule has 0 saturated carbocycles. The lowest BCUT2D eigenvalue weighted by Gasteiger charge is -2.16. The van der Waals surface area contributed by atoms with Crippen molar-refractivity contribution in [1.82, 2.24) is 4.98 Å². The molecule has 1 aliphatic heterocycles. The van der Waals surface area contributed by atoms with Crippen LogP contribution in [-0.2, 0) is 9.59 Å². The summed E-state index contributed by atoms with van der Waals surface area (Å²) in [4.78, 5) is 29.3. The molecule has 2 amide bonds. The predicted molar refractivity (Wildman–Crippen MR) is 86.4 cm³/mol. The van der Waals surface area contributed by atoms with Gasteiger partial charge in [-0.15, -0.1) is 0 Å². The fourth-order valence-electron chi connectivity index (χ4n) is 2.44. The number of carbonyl (C=O) groups excluding carboxylic acids is 2. The quantitative estimate of drug-likeness (QED) is 0.919. The van der Waals surface area contributed by atoms with Gasteiger partial charge in [0.1, 0.15) is 5.75 Å². The lowest BCUT2D eigenvalue weighted by Crippen LogP contribution is -2.24. The van der Waals surface area contributed by atoms with Crippen LogP contribution in [0.5, 0.6) is 5.75 Å². The van der Waals surface area contributed by atoms with Crippen LogP contribution in [0.1, 0.15) is 12.8 Å². The molecule has 1 N–H and O–H groups in total. The summed E-state index contributed by atoms with van der Waals surface area (Å²) in [5, 5.41) is 2.70. The van der Waals surface area contributed by atoms with Crippen molar-refractivity contribution in [3.8, 4) is 5.75 Å². The van der Waals surface area contributed by atoms with Gasteiger partial charge in [0.25, 0.3) is 5.91 Å². The number of ether oxygens (including phenoxy) is 1. The molecule has 1 aromatic heterocycles. The Morgan fingerprint density at radius 3 is 2.96 bits per heavy atom. The Morgan fingerprint density at radius 2 is 2.22 bits per heavy atom. The monoisotopic (exact) mass is 311 g/mol. The third kappa shape index (κ3) is 3.85. The molecule has 2 heterocycles. The molecular formula is C17H17N3O3. The highest BCUT2D eigenvalue weighted by Gasteiger charge is 2.21. The number of amides is 2. The van der Waals surface area contributed by atoms with Crippen LogP contribution >= 0.6 is 0 Å².